The highest BCUT2D eigenvalue weighted by Gasteiger charge is 2.33. The van der Waals surface area contributed by atoms with E-state index in [-0.39, 0.29) is 12.2 Å². The molecule has 0 aliphatic carbocycles. The van der Waals surface area contributed by atoms with Crippen LogP contribution in [-0.4, -0.2) is 23.5 Å². The average molecular weight is 470 g/mol. The summed E-state index contributed by atoms with van der Waals surface area (Å²) in [4.78, 5) is 25.4. The van der Waals surface area contributed by atoms with Crippen LogP contribution in [0, 0.1) is 0 Å². The number of nitrogens with zero attached hydrogens (tertiary/aromatic N) is 1. The molecule has 2 aromatic carbocycles. The fraction of sp³-hybridized carbons (Fsp3) is 0.417. The molecule has 2 rings (SSSR count). The van der Waals surface area contributed by atoms with E-state index in [0.29, 0.717) is 45.7 Å². The summed E-state index contributed by atoms with van der Waals surface area (Å²) in [6.45, 7) is 8.44. The average Bonchev–Trinajstić information content (AvgIpc) is 2.71. The van der Waals surface area contributed by atoms with E-state index in [1.54, 1.807) is 19.9 Å². The van der Waals surface area contributed by atoms with Crippen LogP contribution in [0.2, 0.25) is 5.02 Å². The summed E-state index contributed by atoms with van der Waals surface area (Å²) < 4.78 is 40.3. The van der Waals surface area contributed by atoms with Crippen molar-refractivity contribution in [3.05, 3.63) is 51.5 Å². The quantitative estimate of drug-likeness (QED) is 0.490. The van der Waals surface area contributed by atoms with Crippen molar-refractivity contribution in [2.45, 2.75) is 59.6 Å². The lowest BCUT2D eigenvalue weighted by Gasteiger charge is -2.27. The Morgan fingerprint density at radius 3 is 2.09 bits per heavy atom. The van der Waals surface area contributed by atoms with Crippen molar-refractivity contribution in [3.63, 3.8) is 0 Å². The minimum atomic E-state index is -4.58. The Balaban J connectivity index is 2.99. The van der Waals surface area contributed by atoms with Crippen LogP contribution in [0.5, 0.6) is 0 Å². The molecule has 1 N–H and O–H groups in total. The Morgan fingerprint density at radius 1 is 1.06 bits per heavy atom. The Morgan fingerprint density at radius 2 is 1.66 bits per heavy atom. The molecule has 1 atom stereocenters. The number of anilines is 1. The van der Waals surface area contributed by atoms with Gasteiger partial charge in [-0.2, -0.15) is 13.2 Å². The van der Waals surface area contributed by atoms with Gasteiger partial charge in [-0.3, -0.25) is 9.59 Å². The molecule has 0 aliphatic heterocycles. The lowest BCUT2D eigenvalue weighted by molar-refractivity contribution is -0.138. The third kappa shape index (κ3) is 4.93. The van der Waals surface area contributed by atoms with Gasteiger partial charge in [-0.15, -0.1) is 0 Å². The van der Waals surface area contributed by atoms with Gasteiger partial charge in [0.25, 0.3) is 0 Å². The number of benzene rings is 2. The van der Waals surface area contributed by atoms with Gasteiger partial charge < -0.3 is 10.0 Å². The van der Waals surface area contributed by atoms with Crippen molar-refractivity contribution < 1.29 is 27.9 Å². The molecule has 1 unspecified atom stereocenters. The van der Waals surface area contributed by atoms with E-state index in [1.165, 1.54) is 17.9 Å². The first-order chi connectivity index (χ1) is 14.9. The van der Waals surface area contributed by atoms with E-state index < -0.39 is 29.5 Å². The topological polar surface area (TPSA) is 57.6 Å². The zero-order valence-corrected chi connectivity index (χ0v) is 19.5. The molecule has 0 radical (unpaired) electrons. The molecule has 2 aromatic rings. The number of aliphatic carboxylic acids is 1. The monoisotopic (exact) mass is 469 g/mol. The number of amides is 1. The maximum atomic E-state index is 13.4. The number of carbonyl (C=O) groups is 2. The van der Waals surface area contributed by atoms with Crippen molar-refractivity contribution >= 4 is 29.2 Å². The Hall–Kier alpha value is -2.54. The Kier molecular flexibility index (Phi) is 7.99. The maximum Gasteiger partial charge on any atom is 0.416 e. The first-order valence-corrected chi connectivity index (χ1v) is 10.8. The van der Waals surface area contributed by atoms with E-state index in [0.717, 1.165) is 12.1 Å². The summed E-state index contributed by atoms with van der Waals surface area (Å²) in [7, 11) is 0. The second-order valence-corrected chi connectivity index (χ2v) is 7.94. The van der Waals surface area contributed by atoms with Crippen LogP contribution in [0.15, 0.2) is 24.3 Å². The fourth-order valence-electron chi connectivity index (χ4n) is 4.11. The molecule has 0 heterocycles. The molecule has 1 amide bonds. The second-order valence-electron chi connectivity index (χ2n) is 7.54. The van der Waals surface area contributed by atoms with Crippen molar-refractivity contribution in [1.29, 1.82) is 0 Å². The molecule has 0 bridgehead atoms. The van der Waals surface area contributed by atoms with Gasteiger partial charge in [0.05, 0.1) is 17.2 Å². The molecule has 0 aromatic heterocycles. The third-order valence-corrected chi connectivity index (χ3v) is 5.98. The summed E-state index contributed by atoms with van der Waals surface area (Å²) in [5.41, 5.74) is 2.14. The molecule has 4 nitrogen and oxygen atoms in total. The summed E-state index contributed by atoms with van der Waals surface area (Å²) >= 11 is 6.54. The molecule has 0 aliphatic rings. The SMILES string of the molecule is CCc1c(Cl)cc(-c2ccc(C(F)(F)F)cc2N(CC)C(C)=O)c(CC)c1C(C)C(=O)O. The summed E-state index contributed by atoms with van der Waals surface area (Å²) in [6.07, 6.45) is -3.63. The van der Waals surface area contributed by atoms with Gasteiger partial charge in [-0.1, -0.05) is 31.5 Å². The number of halogens is 4. The van der Waals surface area contributed by atoms with Crippen LogP contribution in [0.25, 0.3) is 11.1 Å². The highest BCUT2D eigenvalue weighted by atomic mass is 35.5. The molecule has 0 saturated heterocycles. The largest absolute Gasteiger partial charge is 0.481 e. The number of carboxylic acids is 1. The van der Waals surface area contributed by atoms with E-state index in [9.17, 15) is 27.9 Å². The summed E-state index contributed by atoms with van der Waals surface area (Å²) in [5, 5.41) is 10.0. The standard InChI is InChI=1S/C24H27ClF3NO3/c1-6-16-19(12-20(25)17(7-2)22(16)13(4)23(31)32)18-10-9-15(24(26,27)28)11-21(18)29(8-3)14(5)30/h9-13H,6-8H2,1-5H3,(H,31,32). The van der Waals surface area contributed by atoms with Crippen LogP contribution in [0.3, 0.4) is 0 Å². The van der Waals surface area contributed by atoms with Gasteiger partial charge in [-0.25, -0.2) is 0 Å². The first kappa shape index (κ1) is 25.7. The van der Waals surface area contributed by atoms with Crippen LogP contribution in [0.1, 0.15) is 62.8 Å². The third-order valence-electron chi connectivity index (χ3n) is 5.65. The molecule has 174 valence electrons. The van der Waals surface area contributed by atoms with Gasteiger partial charge in [0.1, 0.15) is 0 Å². The summed E-state index contributed by atoms with van der Waals surface area (Å²) in [5.74, 6) is -2.28. The van der Waals surface area contributed by atoms with Gasteiger partial charge >= 0.3 is 12.1 Å². The van der Waals surface area contributed by atoms with Crippen molar-refractivity contribution in [2.24, 2.45) is 0 Å². The van der Waals surface area contributed by atoms with E-state index in [4.69, 9.17) is 11.6 Å². The smallest absolute Gasteiger partial charge is 0.416 e. The number of alkyl halides is 3. The lowest BCUT2D eigenvalue weighted by Crippen LogP contribution is -2.29. The number of hydrogen-bond donors (Lipinski definition) is 1. The minimum Gasteiger partial charge on any atom is -0.481 e. The predicted octanol–water partition coefficient (Wildman–Crippen LogP) is 6.71. The molecule has 0 spiro atoms. The molecule has 32 heavy (non-hydrogen) atoms. The highest BCUT2D eigenvalue weighted by Crippen LogP contribution is 2.43. The van der Waals surface area contributed by atoms with E-state index >= 15 is 0 Å². The Bertz CT molecular complexity index is 1030. The van der Waals surface area contributed by atoms with E-state index in [2.05, 4.69) is 0 Å². The van der Waals surface area contributed by atoms with Gasteiger partial charge in [0.15, 0.2) is 0 Å². The van der Waals surface area contributed by atoms with Crippen molar-refractivity contribution in [1.82, 2.24) is 0 Å². The number of carbonyl (C=O) groups excluding carboxylic acids is 1. The molecular weight excluding hydrogens is 443 g/mol. The molecular formula is C24H27ClF3NO3. The zero-order valence-electron chi connectivity index (χ0n) is 18.7. The first-order valence-electron chi connectivity index (χ1n) is 10.4. The van der Waals surface area contributed by atoms with Crippen LogP contribution >= 0.6 is 11.6 Å². The molecule has 0 fully saturated rings. The van der Waals surface area contributed by atoms with Crippen LogP contribution in [-0.2, 0) is 28.6 Å². The van der Waals surface area contributed by atoms with Crippen molar-refractivity contribution in [3.8, 4) is 11.1 Å². The van der Waals surface area contributed by atoms with Crippen LogP contribution < -0.4 is 4.90 Å². The highest BCUT2D eigenvalue weighted by molar-refractivity contribution is 6.32. The van der Waals surface area contributed by atoms with E-state index in [1.807, 2.05) is 13.8 Å². The number of hydrogen-bond acceptors (Lipinski definition) is 2. The minimum absolute atomic E-state index is 0.110. The van der Waals surface area contributed by atoms with Gasteiger partial charge in [-0.05, 0) is 67.1 Å². The zero-order chi connectivity index (χ0) is 24.4. The lowest BCUT2D eigenvalue weighted by atomic mass is 9.83. The summed E-state index contributed by atoms with van der Waals surface area (Å²) in [6, 6.07) is 4.92. The molecule has 0 saturated carbocycles. The maximum absolute atomic E-state index is 13.4. The van der Waals surface area contributed by atoms with Gasteiger partial charge in [0, 0.05) is 24.1 Å². The predicted molar refractivity (Wildman–Crippen MR) is 120 cm³/mol. The normalized spacial score (nSPS) is 12.5. The molecule has 8 heteroatoms. The number of carboxylic acid groups (broad SMARTS) is 1. The van der Waals surface area contributed by atoms with Crippen molar-refractivity contribution in [2.75, 3.05) is 11.4 Å². The van der Waals surface area contributed by atoms with Crippen LogP contribution in [0.4, 0.5) is 18.9 Å². The number of rotatable bonds is 7. The second kappa shape index (κ2) is 9.94. The van der Waals surface area contributed by atoms with Gasteiger partial charge in [0.2, 0.25) is 5.91 Å². The Labute approximate surface area is 191 Å². The fourth-order valence-corrected chi connectivity index (χ4v) is 4.45.